The van der Waals surface area contributed by atoms with Crippen LogP contribution in [-0.2, 0) is 0 Å². The monoisotopic (exact) mass is 250 g/mol. The highest BCUT2D eigenvalue weighted by molar-refractivity contribution is 5.17. The molecule has 0 amide bonds. The third-order valence-electron chi connectivity index (χ3n) is 3.86. The van der Waals surface area contributed by atoms with E-state index >= 15 is 0 Å². The molecule has 1 aliphatic rings. The standard InChI is InChI=1S/C15H23FN2/c1-2-8-18-15(10-12-5-3-4-6-12)13-7-9-17-11-14(13)16/h7,9,11-12,15,18H,2-6,8,10H2,1H3. The number of nitrogens with zero attached hydrogens (tertiary/aromatic N) is 1. The normalized spacial score (nSPS) is 18.1. The van der Waals surface area contributed by atoms with Gasteiger partial charge in [-0.15, -0.1) is 0 Å². The first kappa shape index (κ1) is 13.5. The maximum absolute atomic E-state index is 13.8. The lowest BCUT2D eigenvalue weighted by molar-refractivity contribution is 0.385. The van der Waals surface area contributed by atoms with E-state index in [0.29, 0.717) is 0 Å². The number of hydrogen-bond acceptors (Lipinski definition) is 2. The lowest BCUT2D eigenvalue weighted by atomic mass is 9.93. The highest BCUT2D eigenvalue weighted by Crippen LogP contribution is 2.33. The van der Waals surface area contributed by atoms with Crippen molar-refractivity contribution >= 4 is 0 Å². The van der Waals surface area contributed by atoms with Crippen LogP contribution >= 0.6 is 0 Å². The van der Waals surface area contributed by atoms with Crippen LogP contribution in [0.2, 0.25) is 0 Å². The average molecular weight is 250 g/mol. The number of hydrogen-bond donors (Lipinski definition) is 1. The summed E-state index contributed by atoms with van der Waals surface area (Å²) < 4.78 is 13.8. The first-order valence-electron chi connectivity index (χ1n) is 7.14. The van der Waals surface area contributed by atoms with Gasteiger partial charge in [-0.2, -0.15) is 0 Å². The molecular weight excluding hydrogens is 227 g/mol. The number of aromatic nitrogens is 1. The van der Waals surface area contributed by atoms with Gasteiger partial charge in [0.2, 0.25) is 0 Å². The van der Waals surface area contributed by atoms with Crippen LogP contribution in [0.25, 0.3) is 0 Å². The molecule has 0 aliphatic heterocycles. The van der Waals surface area contributed by atoms with Gasteiger partial charge in [-0.25, -0.2) is 4.39 Å². The van der Waals surface area contributed by atoms with Crippen LogP contribution in [0, 0.1) is 11.7 Å². The summed E-state index contributed by atoms with van der Waals surface area (Å²) in [6.45, 7) is 3.09. The predicted molar refractivity (Wildman–Crippen MR) is 71.8 cm³/mol. The Kier molecular flexibility index (Phi) is 5.12. The largest absolute Gasteiger partial charge is 0.310 e. The summed E-state index contributed by atoms with van der Waals surface area (Å²) in [5.74, 6) is 0.580. The van der Waals surface area contributed by atoms with Gasteiger partial charge >= 0.3 is 0 Å². The maximum atomic E-state index is 13.8. The lowest BCUT2D eigenvalue weighted by Crippen LogP contribution is -2.25. The molecular formula is C15H23FN2. The molecule has 1 aromatic rings. The SMILES string of the molecule is CCCNC(CC1CCCC1)c1ccncc1F. The van der Waals surface area contributed by atoms with E-state index in [4.69, 9.17) is 0 Å². The lowest BCUT2D eigenvalue weighted by Gasteiger charge is -2.22. The smallest absolute Gasteiger partial charge is 0.146 e. The molecule has 1 heterocycles. The third kappa shape index (κ3) is 3.52. The van der Waals surface area contributed by atoms with Crippen molar-refractivity contribution in [1.29, 1.82) is 0 Å². The topological polar surface area (TPSA) is 24.9 Å². The highest BCUT2D eigenvalue weighted by Gasteiger charge is 2.22. The Hall–Kier alpha value is -0.960. The Labute approximate surface area is 109 Å². The van der Waals surface area contributed by atoms with E-state index < -0.39 is 0 Å². The molecule has 2 rings (SSSR count). The molecule has 1 saturated carbocycles. The molecule has 0 spiro atoms. The second kappa shape index (κ2) is 6.83. The zero-order chi connectivity index (χ0) is 12.8. The van der Waals surface area contributed by atoms with Gasteiger partial charge in [0, 0.05) is 17.8 Å². The molecule has 1 unspecified atom stereocenters. The second-order valence-electron chi connectivity index (χ2n) is 5.29. The minimum Gasteiger partial charge on any atom is -0.310 e. The molecule has 1 atom stereocenters. The van der Waals surface area contributed by atoms with Crippen LogP contribution in [0.15, 0.2) is 18.5 Å². The number of halogens is 1. The van der Waals surface area contributed by atoms with Gasteiger partial charge in [0.05, 0.1) is 6.20 Å². The van der Waals surface area contributed by atoms with Gasteiger partial charge in [-0.05, 0) is 31.4 Å². The molecule has 0 aromatic carbocycles. The molecule has 2 nitrogen and oxygen atoms in total. The van der Waals surface area contributed by atoms with E-state index in [1.54, 1.807) is 6.20 Å². The molecule has 3 heteroatoms. The van der Waals surface area contributed by atoms with Gasteiger partial charge in [0.15, 0.2) is 0 Å². The van der Waals surface area contributed by atoms with Crippen molar-refractivity contribution in [3.8, 4) is 0 Å². The summed E-state index contributed by atoms with van der Waals surface area (Å²) in [5.41, 5.74) is 0.783. The fourth-order valence-electron chi connectivity index (χ4n) is 2.89. The third-order valence-corrected chi connectivity index (χ3v) is 3.86. The fourth-order valence-corrected chi connectivity index (χ4v) is 2.89. The molecule has 100 valence electrons. The van der Waals surface area contributed by atoms with Crippen molar-refractivity contribution in [2.75, 3.05) is 6.54 Å². The van der Waals surface area contributed by atoms with Crippen molar-refractivity contribution in [2.24, 2.45) is 5.92 Å². The molecule has 1 fully saturated rings. The van der Waals surface area contributed by atoms with Crippen LogP contribution in [0.3, 0.4) is 0 Å². The summed E-state index contributed by atoms with van der Waals surface area (Å²) in [4.78, 5) is 3.84. The van der Waals surface area contributed by atoms with Gasteiger partial charge in [0.25, 0.3) is 0 Å². The summed E-state index contributed by atoms with van der Waals surface area (Å²) >= 11 is 0. The van der Waals surface area contributed by atoms with Crippen molar-refractivity contribution in [1.82, 2.24) is 10.3 Å². The van der Waals surface area contributed by atoms with Crippen molar-refractivity contribution in [3.63, 3.8) is 0 Å². The Morgan fingerprint density at radius 2 is 2.22 bits per heavy atom. The van der Waals surface area contributed by atoms with E-state index in [2.05, 4.69) is 17.2 Å². The average Bonchev–Trinajstić information content (AvgIpc) is 2.88. The van der Waals surface area contributed by atoms with Crippen LogP contribution in [0.1, 0.15) is 57.1 Å². The van der Waals surface area contributed by atoms with Gasteiger partial charge in [-0.1, -0.05) is 32.6 Å². The van der Waals surface area contributed by atoms with E-state index in [0.717, 1.165) is 30.9 Å². The first-order valence-corrected chi connectivity index (χ1v) is 7.14. The molecule has 0 saturated heterocycles. The number of nitrogens with one attached hydrogen (secondary N) is 1. The minimum absolute atomic E-state index is 0.149. The second-order valence-corrected chi connectivity index (χ2v) is 5.29. The summed E-state index contributed by atoms with van der Waals surface area (Å²) in [5, 5.41) is 3.49. The van der Waals surface area contributed by atoms with Gasteiger partial charge in [0.1, 0.15) is 5.82 Å². The Morgan fingerprint density at radius 1 is 1.44 bits per heavy atom. The summed E-state index contributed by atoms with van der Waals surface area (Å²) in [7, 11) is 0. The van der Waals surface area contributed by atoms with Crippen LogP contribution < -0.4 is 5.32 Å². The molecule has 1 aliphatic carbocycles. The molecule has 1 N–H and O–H groups in total. The highest BCUT2D eigenvalue weighted by atomic mass is 19.1. The summed E-state index contributed by atoms with van der Waals surface area (Å²) in [6.07, 6.45) is 10.4. The van der Waals surface area contributed by atoms with E-state index in [1.807, 2.05) is 6.07 Å². The van der Waals surface area contributed by atoms with E-state index in [9.17, 15) is 4.39 Å². The minimum atomic E-state index is -0.177. The molecule has 0 radical (unpaired) electrons. The van der Waals surface area contributed by atoms with E-state index in [1.165, 1.54) is 31.9 Å². The molecule has 0 bridgehead atoms. The van der Waals surface area contributed by atoms with Crippen LogP contribution in [0.5, 0.6) is 0 Å². The number of pyridine rings is 1. The van der Waals surface area contributed by atoms with E-state index in [-0.39, 0.29) is 11.9 Å². The Morgan fingerprint density at radius 3 is 2.89 bits per heavy atom. The molecule has 1 aromatic heterocycles. The Bertz CT molecular complexity index is 361. The van der Waals surface area contributed by atoms with Crippen molar-refractivity contribution < 1.29 is 4.39 Å². The fraction of sp³-hybridized carbons (Fsp3) is 0.667. The van der Waals surface area contributed by atoms with Gasteiger partial charge in [-0.3, -0.25) is 4.98 Å². The van der Waals surface area contributed by atoms with Gasteiger partial charge < -0.3 is 5.32 Å². The summed E-state index contributed by atoms with van der Waals surface area (Å²) in [6, 6.07) is 1.97. The number of rotatable bonds is 6. The predicted octanol–water partition coefficient (Wildman–Crippen LogP) is 3.84. The Balaban J connectivity index is 2.06. The first-order chi connectivity index (χ1) is 8.81. The van der Waals surface area contributed by atoms with Crippen LogP contribution in [-0.4, -0.2) is 11.5 Å². The zero-order valence-electron chi connectivity index (χ0n) is 11.2. The van der Waals surface area contributed by atoms with Crippen LogP contribution in [0.4, 0.5) is 4.39 Å². The van der Waals surface area contributed by atoms with Crippen molar-refractivity contribution in [3.05, 3.63) is 29.8 Å². The maximum Gasteiger partial charge on any atom is 0.146 e. The molecule has 18 heavy (non-hydrogen) atoms. The van der Waals surface area contributed by atoms with Crippen molar-refractivity contribution in [2.45, 2.75) is 51.5 Å². The zero-order valence-corrected chi connectivity index (χ0v) is 11.2. The quantitative estimate of drug-likeness (QED) is 0.829.